The fourth-order valence-corrected chi connectivity index (χ4v) is 1.47. The largest absolute Gasteiger partial charge is 0.390 e. The molecule has 0 bridgehead atoms. The van der Waals surface area contributed by atoms with E-state index in [1.54, 1.807) is 24.3 Å². The van der Waals surface area contributed by atoms with Crippen LogP contribution in [-0.4, -0.2) is 16.0 Å². The number of amides is 1. The molecule has 0 spiro atoms. The van der Waals surface area contributed by atoms with Crippen molar-refractivity contribution in [2.75, 3.05) is 5.32 Å². The minimum absolute atomic E-state index is 0.0475. The van der Waals surface area contributed by atoms with Crippen LogP contribution in [0.15, 0.2) is 42.5 Å². The van der Waals surface area contributed by atoms with Crippen LogP contribution in [0.25, 0.3) is 0 Å². The van der Waals surface area contributed by atoms with E-state index < -0.39 is 11.7 Å². The Bertz CT molecular complexity index is 572. The Labute approximate surface area is 103 Å². The first kappa shape index (κ1) is 12.2. The third-order valence-electron chi connectivity index (χ3n) is 2.33. The van der Waals surface area contributed by atoms with Gasteiger partial charge in [0.15, 0.2) is 0 Å². The maximum atomic E-state index is 13.4. The second-order valence-corrected chi connectivity index (χ2v) is 3.61. The van der Waals surface area contributed by atoms with E-state index in [4.69, 9.17) is 5.11 Å². The van der Waals surface area contributed by atoms with Gasteiger partial charge in [-0.2, -0.15) is 0 Å². The smallest absolute Gasteiger partial charge is 0.259 e. The number of aliphatic hydroxyl groups excluding tert-OH is 1. The van der Waals surface area contributed by atoms with Crippen LogP contribution in [0.2, 0.25) is 0 Å². The van der Waals surface area contributed by atoms with E-state index in [9.17, 15) is 9.18 Å². The van der Waals surface area contributed by atoms with Crippen LogP contribution in [-0.2, 0) is 6.61 Å². The summed E-state index contributed by atoms with van der Waals surface area (Å²) in [4.78, 5) is 15.8. The summed E-state index contributed by atoms with van der Waals surface area (Å²) in [7, 11) is 0. The average Bonchev–Trinajstić information content (AvgIpc) is 2.39. The average molecular weight is 246 g/mol. The zero-order valence-electron chi connectivity index (χ0n) is 9.43. The highest BCUT2D eigenvalue weighted by atomic mass is 19.1. The first-order chi connectivity index (χ1) is 8.70. The van der Waals surface area contributed by atoms with Crippen LogP contribution in [0.3, 0.4) is 0 Å². The van der Waals surface area contributed by atoms with Crippen molar-refractivity contribution in [3.8, 4) is 0 Å². The summed E-state index contributed by atoms with van der Waals surface area (Å²) in [6.07, 6.45) is 0. The Hall–Kier alpha value is -2.27. The highest BCUT2D eigenvalue weighted by molar-refractivity contribution is 6.03. The van der Waals surface area contributed by atoms with E-state index in [1.807, 2.05) is 0 Å². The maximum Gasteiger partial charge on any atom is 0.259 e. The molecule has 1 heterocycles. The standard InChI is InChI=1S/C13H11FN2O2/c14-11-6-2-1-5-10(11)13(18)16-12-7-3-4-9(8-17)15-12/h1-7,17H,8H2,(H,15,16,18). The second kappa shape index (κ2) is 5.37. The number of aliphatic hydroxyl groups is 1. The number of hydrogen-bond acceptors (Lipinski definition) is 3. The zero-order valence-corrected chi connectivity index (χ0v) is 9.43. The van der Waals surface area contributed by atoms with Gasteiger partial charge in [-0.3, -0.25) is 4.79 Å². The van der Waals surface area contributed by atoms with Crippen molar-refractivity contribution in [3.63, 3.8) is 0 Å². The van der Waals surface area contributed by atoms with E-state index in [2.05, 4.69) is 10.3 Å². The Balaban J connectivity index is 2.19. The van der Waals surface area contributed by atoms with Crippen LogP contribution in [0, 0.1) is 5.82 Å². The van der Waals surface area contributed by atoms with Crippen molar-refractivity contribution in [1.82, 2.24) is 4.98 Å². The van der Waals surface area contributed by atoms with Gasteiger partial charge in [0, 0.05) is 0 Å². The fourth-order valence-electron chi connectivity index (χ4n) is 1.47. The van der Waals surface area contributed by atoms with Gasteiger partial charge in [0.1, 0.15) is 11.6 Å². The normalized spacial score (nSPS) is 10.1. The van der Waals surface area contributed by atoms with Gasteiger partial charge < -0.3 is 10.4 Å². The molecular weight excluding hydrogens is 235 g/mol. The molecule has 0 unspecified atom stereocenters. The summed E-state index contributed by atoms with van der Waals surface area (Å²) in [6, 6.07) is 10.5. The summed E-state index contributed by atoms with van der Waals surface area (Å²) in [6.45, 7) is -0.219. The number of pyridine rings is 1. The number of anilines is 1. The van der Waals surface area contributed by atoms with E-state index in [0.717, 1.165) is 0 Å². The van der Waals surface area contributed by atoms with E-state index in [0.29, 0.717) is 5.69 Å². The topological polar surface area (TPSA) is 62.2 Å². The van der Waals surface area contributed by atoms with Gasteiger partial charge in [-0.05, 0) is 24.3 Å². The molecule has 0 radical (unpaired) electrons. The van der Waals surface area contributed by atoms with Crippen molar-refractivity contribution < 1.29 is 14.3 Å². The van der Waals surface area contributed by atoms with Gasteiger partial charge >= 0.3 is 0 Å². The van der Waals surface area contributed by atoms with E-state index in [1.165, 1.54) is 18.2 Å². The lowest BCUT2D eigenvalue weighted by Gasteiger charge is -2.06. The van der Waals surface area contributed by atoms with Gasteiger partial charge in [-0.1, -0.05) is 18.2 Å². The van der Waals surface area contributed by atoms with Gasteiger partial charge in [-0.25, -0.2) is 9.37 Å². The summed E-state index contributed by atoms with van der Waals surface area (Å²) in [5.74, 6) is -0.890. The Morgan fingerprint density at radius 1 is 1.22 bits per heavy atom. The molecule has 4 nitrogen and oxygen atoms in total. The van der Waals surface area contributed by atoms with Crippen molar-refractivity contribution in [2.45, 2.75) is 6.61 Å². The minimum Gasteiger partial charge on any atom is -0.390 e. The number of rotatable bonds is 3. The molecule has 2 aromatic rings. The first-order valence-electron chi connectivity index (χ1n) is 5.33. The number of hydrogen-bond donors (Lipinski definition) is 2. The van der Waals surface area contributed by atoms with Gasteiger partial charge in [0.2, 0.25) is 0 Å². The molecule has 92 valence electrons. The molecule has 18 heavy (non-hydrogen) atoms. The predicted octanol–water partition coefficient (Wildman–Crippen LogP) is 1.97. The SMILES string of the molecule is O=C(Nc1cccc(CO)n1)c1ccccc1F. The zero-order chi connectivity index (χ0) is 13.0. The molecule has 1 aromatic carbocycles. The number of nitrogens with one attached hydrogen (secondary N) is 1. The molecule has 2 rings (SSSR count). The number of carbonyl (C=O) groups excluding carboxylic acids is 1. The molecule has 2 N–H and O–H groups in total. The molecule has 5 heteroatoms. The second-order valence-electron chi connectivity index (χ2n) is 3.61. The van der Waals surface area contributed by atoms with Crippen molar-refractivity contribution in [1.29, 1.82) is 0 Å². The van der Waals surface area contributed by atoms with Crippen molar-refractivity contribution >= 4 is 11.7 Å². The molecule has 0 atom stereocenters. The highest BCUT2D eigenvalue weighted by Crippen LogP contribution is 2.10. The summed E-state index contributed by atoms with van der Waals surface area (Å²) in [5.41, 5.74) is 0.384. The van der Waals surface area contributed by atoms with Crippen LogP contribution in [0.1, 0.15) is 16.1 Å². The fraction of sp³-hybridized carbons (Fsp3) is 0.0769. The molecule has 0 aliphatic carbocycles. The van der Waals surface area contributed by atoms with Gasteiger partial charge in [-0.15, -0.1) is 0 Å². The Morgan fingerprint density at radius 2 is 2.00 bits per heavy atom. The molecule has 0 fully saturated rings. The predicted molar refractivity (Wildman–Crippen MR) is 64.5 cm³/mol. The van der Waals surface area contributed by atoms with Crippen LogP contribution < -0.4 is 5.32 Å². The summed E-state index contributed by atoms with van der Waals surface area (Å²) < 4.78 is 13.4. The Kier molecular flexibility index (Phi) is 3.64. The lowest BCUT2D eigenvalue weighted by atomic mass is 10.2. The molecule has 0 saturated carbocycles. The number of benzene rings is 1. The van der Waals surface area contributed by atoms with E-state index >= 15 is 0 Å². The monoisotopic (exact) mass is 246 g/mol. The van der Waals surface area contributed by atoms with Crippen molar-refractivity contribution in [3.05, 3.63) is 59.5 Å². The number of carbonyl (C=O) groups is 1. The first-order valence-corrected chi connectivity index (χ1v) is 5.33. The van der Waals surface area contributed by atoms with Crippen molar-refractivity contribution in [2.24, 2.45) is 0 Å². The Morgan fingerprint density at radius 3 is 2.72 bits per heavy atom. The molecule has 0 aliphatic heterocycles. The molecule has 1 amide bonds. The van der Waals surface area contributed by atoms with Crippen LogP contribution in [0.4, 0.5) is 10.2 Å². The third-order valence-corrected chi connectivity index (χ3v) is 2.33. The summed E-state index contributed by atoms with van der Waals surface area (Å²) in [5, 5.41) is 11.4. The lowest BCUT2D eigenvalue weighted by molar-refractivity contribution is 0.102. The maximum absolute atomic E-state index is 13.4. The van der Waals surface area contributed by atoms with Gasteiger partial charge in [0.25, 0.3) is 5.91 Å². The molecule has 1 aromatic heterocycles. The van der Waals surface area contributed by atoms with E-state index in [-0.39, 0.29) is 18.0 Å². The number of halogens is 1. The number of nitrogens with zero attached hydrogens (tertiary/aromatic N) is 1. The quantitative estimate of drug-likeness (QED) is 0.870. The highest BCUT2D eigenvalue weighted by Gasteiger charge is 2.11. The van der Waals surface area contributed by atoms with Crippen LogP contribution >= 0.6 is 0 Å². The number of aromatic nitrogens is 1. The molecular formula is C13H11FN2O2. The minimum atomic E-state index is -0.590. The van der Waals surface area contributed by atoms with Crippen LogP contribution in [0.5, 0.6) is 0 Å². The summed E-state index contributed by atoms with van der Waals surface area (Å²) >= 11 is 0. The lowest BCUT2D eigenvalue weighted by Crippen LogP contribution is -2.14. The molecule has 0 saturated heterocycles. The molecule has 0 aliphatic rings. The third kappa shape index (κ3) is 2.70. The van der Waals surface area contributed by atoms with Gasteiger partial charge in [0.05, 0.1) is 17.9 Å².